The topological polar surface area (TPSA) is 87.7 Å². The molecule has 1 unspecified atom stereocenters. The number of carbonyl (C=O) groups excluding carboxylic acids is 1. The second-order valence-corrected chi connectivity index (χ2v) is 10.5. The maximum atomic E-state index is 12.5. The number of rotatable bonds is 7. The predicted octanol–water partition coefficient (Wildman–Crippen LogP) is 4.66. The highest BCUT2D eigenvalue weighted by Crippen LogP contribution is 2.27. The van der Waals surface area contributed by atoms with Crippen LogP contribution in [0.15, 0.2) is 40.5 Å². The Morgan fingerprint density at radius 2 is 2.00 bits per heavy atom. The fraction of sp³-hybridized carbons (Fsp3) is 0.273. The van der Waals surface area contributed by atoms with E-state index in [9.17, 15) is 9.59 Å². The largest absolute Gasteiger partial charge is 0.349 e. The summed E-state index contributed by atoms with van der Waals surface area (Å²) < 4.78 is 0. The molecule has 4 rings (SSSR count). The van der Waals surface area contributed by atoms with E-state index < -0.39 is 0 Å². The molecule has 0 aliphatic rings. The lowest BCUT2D eigenvalue weighted by atomic mass is 10.2. The summed E-state index contributed by atoms with van der Waals surface area (Å²) in [6.45, 7) is 6.18. The molecule has 0 radical (unpaired) electrons. The summed E-state index contributed by atoms with van der Waals surface area (Å²) in [6.07, 6.45) is 0. The molecule has 0 aliphatic heterocycles. The van der Waals surface area contributed by atoms with Gasteiger partial charge in [0.2, 0.25) is 5.91 Å². The molecule has 0 spiro atoms. The number of aromatic nitrogens is 3. The van der Waals surface area contributed by atoms with Gasteiger partial charge in [-0.25, -0.2) is 9.97 Å². The van der Waals surface area contributed by atoms with Gasteiger partial charge < -0.3 is 10.3 Å². The van der Waals surface area contributed by atoms with Crippen LogP contribution in [0.2, 0.25) is 0 Å². The van der Waals surface area contributed by atoms with Crippen molar-refractivity contribution in [1.29, 1.82) is 0 Å². The molecular weight excluding hydrogens is 448 g/mol. The minimum atomic E-state index is -0.278. The van der Waals surface area contributed by atoms with Crippen LogP contribution >= 0.6 is 34.4 Å². The number of carbonyl (C=O) groups is 1. The maximum absolute atomic E-state index is 12.5. The van der Waals surface area contributed by atoms with Crippen LogP contribution in [0.4, 0.5) is 0 Å². The quantitative estimate of drug-likeness (QED) is 0.410. The van der Waals surface area contributed by atoms with Gasteiger partial charge in [0.05, 0.1) is 28.6 Å². The van der Waals surface area contributed by atoms with E-state index in [0.29, 0.717) is 23.5 Å². The normalized spacial score (nSPS) is 12.2. The Morgan fingerprint density at radius 3 is 2.77 bits per heavy atom. The molecule has 1 amide bonds. The molecule has 1 aromatic carbocycles. The first kappa shape index (κ1) is 21.7. The Bertz CT molecular complexity index is 1280. The highest BCUT2D eigenvalue weighted by Gasteiger charge is 2.16. The lowest BCUT2D eigenvalue weighted by Gasteiger charge is -2.11. The van der Waals surface area contributed by atoms with Crippen LogP contribution in [0.5, 0.6) is 0 Å². The molecule has 3 heterocycles. The molecule has 0 aliphatic carbocycles. The standard InChI is InChI=1S/C22H22N4O2S3/c1-12-13(2)31-22-18(12)20(28)25-17(26-22)11-29-14(3)19(27)23-9-16-10-30-21(24-16)15-7-5-4-6-8-15/h4-8,10,14H,9,11H2,1-3H3,(H,23,27)(H,25,26,28). The number of hydrogen-bond donors (Lipinski definition) is 2. The number of hydrogen-bond acceptors (Lipinski definition) is 7. The minimum absolute atomic E-state index is 0.0644. The number of thiophene rings is 1. The zero-order chi connectivity index (χ0) is 22.0. The van der Waals surface area contributed by atoms with Crippen LogP contribution in [0.25, 0.3) is 20.8 Å². The third kappa shape index (κ3) is 4.89. The zero-order valence-corrected chi connectivity index (χ0v) is 19.8. The highest BCUT2D eigenvalue weighted by atomic mass is 32.2. The number of aromatic amines is 1. The van der Waals surface area contributed by atoms with Crippen molar-refractivity contribution in [2.75, 3.05) is 0 Å². The van der Waals surface area contributed by atoms with Crippen LogP contribution in [0, 0.1) is 13.8 Å². The van der Waals surface area contributed by atoms with Crippen LogP contribution in [0.1, 0.15) is 28.9 Å². The van der Waals surface area contributed by atoms with Crippen LogP contribution < -0.4 is 10.9 Å². The third-order valence-electron chi connectivity index (χ3n) is 4.94. The Hall–Kier alpha value is -2.49. The van der Waals surface area contributed by atoms with E-state index in [0.717, 1.165) is 31.5 Å². The number of benzene rings is 1. The molecule has 4 aromatic rings. The van der Waals surface area contributed by atoms with Crippen molar-refractivity contribution in [2.24, 2.45) is 0 Å². The zero-order valence-electron chi connectivity index (χ0n) is 17.4. The van der Waals surface area contributed by atoms with Crippen molar-refractivity contribution in [3.05, 3.63) is 68.0 Å². The molecule has 0 bridgehead atoms. The van der Waals surface area contributed by atoms with Gasteiger partial charge in [-0.3, -0.25) is 9.59 Å². The van der Waals surface area contributed by atoms with Gasteiger partial charge in [0.15, 0.2) is 0 Å². The Kier molecular flexibility index (Phi) is 6.54. The van der Waals surface area contributed by atoms with Gasteiger partial charge in [-0.05, 0) is 26.3 Å². The lowest BCUT2D eigenvalue weighted by molar-refractivity contribution is -0.120. The van der Waals surface area contributed by atoms with Crippen molar-refractivity contribution in [3.8, 4) is 10.6 Å². The van der Waals surface area contributed by atoms with Crippen molar-refractivity contribution in [2.45, 2.75) is 38.3 Å². The van der Waals surface area contributed by atoms with E-state index >= 15 is 0 Å². The number of amides is 1. The third-order valence-corrected chi connectivity index (χ3v) is 8.14. The number of thiazole rings is 1. The van der Waals surface area contributed by atoms with Gasteiger partial charge in [0, 0.05) is 15.8 Å². The number of nitrogens with zero attached hydrogens (tertiary/aromatic N) is 2. The summed E-state index contributed by atoms with van der Waals surface area (Å²) in [4.78, 5) is 38.8. The van der Waals surface area contributed by atoms with Gasteiger partial charge in [-0.2, -0.15) is 0 Å². The fourth-order valence-electron chi connectivity index (χ4n) is 3.07. The van der Waals surface area contributed by atoms with E-state index in [4.69, 9.17) is 0 Å². The molecular formula is C22H22N4O2S3. The number of nitrogens with one attached hydrogen (secondary N) is 2. The first-order valence-corrected chi connectivity index (χ1v) is 12.5. The maximum Gasteiger partial charge on any atom is 0.259 e. The number of aryl methyl sites for hydroxylation is 2. The summed E-state index contributed by atoms with van der Waals surface area (Å²) in [6, 6.07) is 9.99. The molecule has 3 aromatic heterocycles. The molecule has 160 valence electrons. The van der Waals surface area contributed by atoms with E-state index in [1.165, 1.54) is 23.1 Å². The second-order valence-electron chi connectivity index (χ2n) is 7.16. The molecule has 2 N–H and O–H groups in total. The number of H-pyrrole nitrogens is 1. The average molecular weight is 471 g/mol. The summed E-state index contributed by atoms with van der Waals surface area (Å²) in [5.41, 5.74) is 2.79. The van der Waals surface area contributed by atoms with Crippen molar-refractivity contribution in [3.63, 3.8) is 0 Å². The Labute approximate surface area is 192 Å². The van der Waals surface area contributed by atoms with Gasteiger partial charge in [-0.1, -0.05) is 30.3 Å². The molecule has 1 atom stereocenters. The van der Waals surface area contributed by atoms with Crippen LogP contribution in [-0.4, -0.2) is 26.1 Å². The second kappa shape index (κ2) is 9.33. The van der Waals surface area contributed by atoms with Gasteiger partial charge in [-0.15, -0.1) is 34.4 Å². The van der Waals surface area contributed by atoms with E-state index in [-0.39, 0.29) is 16.7 Å². The van der Waals surface area contributed by atoms with Crippen molar-refractivity contribution >= 4 is 50.6 Å². The summed E-state index contributed by atoms with van der Waals surface area (Å²) in [7, 11) is 0. The van der Waals surface area contributed by atoms with Crippen LogP contribution in [-0.2, 0) is 17.1 Å². The van der Waals surface area contributed by atoms with Gasteiger partial charge >= 0.3 is 0 Å². The minimum Gasteiger partial charge on any atom is -0.349 e. The van der Waals surface area contributed by atoms with Crippen molar-refractivity contribution < 1.29 is 4.79 Å². The molecule has 0 saturated carbocycles. The first-order chi connectivity index (χ1) is 14.9. The van der Waals surface area contributed by atoms with Gasteiger partial charge in [0.1, 0.15) is 15.7 Å². The lowest BCUT2D eigenvalue weighted by Crippen LogP contribution is -2.30. The number of fused-ring (bicyclic) bond motifs is 1. The van der Waals surface area contributed by atoms with E-state index in [1.54, 1.807) is 11.3 Å². The predicted molar refractivity (Wildman–Crippen MR) is 130 cm³/mol. The Balaban J connectivity index is 1.33. The molecule has 6 nitrogen and oxygen atoms in total. The first-order valence-electron chi connectivity index (χ1n) is 9.80. The van der Waals surface area contributed by atoms with E-state index in [2.05, 4.69) is 20.3 Å². The molecule has 9 heteroatoms. The molecule has 0 fully saturated rings. The molecule has 31 heavy (non-hydrogen) atoms. The Morgan fingerprint density at radius 1 is 1.23 bits per heavy atom. The van der Waals surface area contributed by atoms with Crippen molar-refractivity contribution in [1.82, 2.24) is 20.3 Å². The summed E-state index contributed by atoms with van der Waals surface area (Å²) in [5, 5.41) is 6.24. The van der Waals surface area contributed by atoms with Crippen LogP contribution in [0.3, 0.4) is 0 Å². The fourth-order valence-corrected chi connectivity index (χ4v) is 5.72. The average Bonchev–Trinajstić information content (AvgIpc) is 3.35. The smallest absolute Gasteiger partial charge is 0.259 e. The van der Waals surface area contributed by atoms with Gasteiger partial charge in [0.25, 0.3) is 5.56 Å². The monoisotopic (exact) mass is 470 g/mol. The summed E-state index contributed by atoms with van der Waals surface area (Å²) >= 11 is 4.54. The number of thioether (sulfide) groups is 1. The summed E-state index contributed by atoms with van der Waals surface area (Å²) in [5.74, 6) is 0.992. The highest BCUT2D eigenvalue weighted by molar-refractivity contribution is 7.99. The molecule has 0 saturated heterocycles. The van der Waals surface area contributed by atoms with E-state index in [1.807, 2.05) is 56.5 Å². The SMILES string of the molecule is Cc1sc2nc(CSC(C)C(=O)NCc3csc(-c4ccccc4)n3)[nH]c(=O)c2c1C.